The second-order valence-electron chi connectivity index (χ2n) is 6.11. The van der Waals surface area contributed by atoms with Gasteiger partial charge in [-0.1, -0.05) is 71.4 Å². The van der Waals surface area contributed by atoms with Crippen molar-refractivity contribution in [3.8, 4) is 5.75 Å². The van der Waals surface area contributed by atoms with E-state index < -0.39 is 5.97 Å². The smallest absolute Gasteiger partial charge is 0.344 e. The molecule has 0 aliphatic carbocycles. The Kier molecular flexibility index (Phi) is 7.79. The Bertz CT molecular complexity index is 1040. The Balaban J connectivity index is 1.83. The Morgan fingerprint density at radius 2 is 1.83 bits per heavy atom. The van der Waals surface area contributed by atoms with E-state index in [0.29, 0.717) is 34.0 Å². The summed E-state index contributed by atoms with van der Waals surface area (Å²) in [5.74, 6) is 0.932. The monoisotopic (exact) mass is 463 g/mol. The molecule has 0 aliphatic heterocycles. The number of halogens is 2. The zero-order valence-corrected chi connectivity index (χ0v) is 18.6. The lowest BCUT2D eigenvalue weighted by atomic mass is 10.2. The molecule has 0 bridgehead atoms. The number of rotatable bonds is 8. The molecule has 3 aromatic rings. The SMILES string of the molecule is COC(=O)c1c(Cl)nc(SCc2ccccc2)nc1NCc1ccc(OC)c(Cl)c1. The molecule has 0 unspecified atom stereocenters. The Hall–Kier alpha value is -2.48. The highest BCUT2D eigenvalue weighted by Gasteiger charge is 2.21. The van der Waals surface area contributed by atoms with Crippen molar-refractivity contribution >= 4 is 46.8 Å². The largest absolute Gasteiger partial charge is 0.495 e. The minimum Gasteiger partial charge on any atom is -0.495 e. The molecule has 0 atom stereocenters. The van der Waals surface area contributed by atoms with Gasteiger partial charge in [0.05, 0.1) is 19.2 Å². The van der Waals surface area contributed by atoms with E-state index in [0.717, 1.165) is 11.1 Å². The van der Waals surface area contributed by atoms with Crippen molar-refractivity contribution in [2.45, 2.75) is 17.5 Å². The summed E-state index contributed by atoms with van der Waals surface area (Å²) in [4.78, 5) is 21.0. The van der Waals surface area contributed by atoms with Crippen LogP contribution in [0, 0.1) is 0 Å². The second kappa shape index (κ2) is 10.5. The van der Waals surface area contributed by atoms with Crippen molar-refractivity contribution < 1.29 is 14.3 Å². The molecular formula is C21H19Cl2N3O3S. The first-order valence-corrected chi connectivity index (χ1v) is 10.6. The van der Waals surface area contributed by atoms with Gasteiger partial charge >= 0.3 is 5.97 Å². The summed E-state index contributed by atoms with van der Waals surface area (Å²) in [7, 11) is 2.84. The zero-order chi connectivity index (χ0) is 21.5. The fourth-order valence-electron chi connectivity index (χ4n) is 2.62. The fraction of sp³-hybridized carbons (Fsp3) is 0.190. The molecule has 1 N–H and O–H groups in total. The van der Waals surface area contributed by atoms with Crippen LogP contribution in [0.2, 0.25) is 10.2 Å². The third kappa shape index (κ3) is 5.56. The van der Waals surface area contributed by atoms with Crippen LogP contribution in [-0.4, -0.2) is 30.2 Å². The maximum atomic E-state index is 12.2. The van der Waals surface area contributed by atoms with E-state index in [1.807, 2.05) is 36.4 Å². The van der Waals surface area contributed by atoms with Crippen molar-refractivity contribution in [3.05, 3.63) is 75.4 Å². The molecule has 30 heavy (non-hydrogen) atoms. The lowest BCUT2D eigenvalue weighted by Gasteiger charge is -2.13. The number of carbonyl (C=O) groups is 1. The molecule has 6 nitrogen and oxygen atoms in total. The van der Waals surface area contributed by atoms with Crippen LogP contribution in [-0.2, 0) is 17.0 Å². The highest BCUT2D eigenvalue weighted by molar-refractivity contribution is 7.98. The Morgan fingerprint density at radius 1 is 1.07 bits per heavy atom. The van der Waals surface area contributed by atoms with Crippen LogP contribution in [0.1, 0.15) is 21.5 Å². The van der Waals surface area contributed by atoms with Gasteiger partial charge in [-0.25, -0.2) is 14.8 Å². The average Bonchev–Trinajstić information content (AvgIpc) is 2.76. The van der Waals surface area contributed by atoms with Gasteiger partial charge in [0.25, 0.3) is 0 Å². The first kappa shape index (κ1) is 22.2. The van der Waals surface area contributed by atoms with Gasteiger partial charge in [-0.3, -0.25) is 0 Å². The van der Waals surface area contributed by atoms with Crippen LogP contribution in [0.25, 0.3) is 0 Å². The molecule has 0 radical (unpaired) electrons. The predicted molar refractivity (Wildman–Crippen MR) is 120 cm³/mol. The summed E-state index contributed by atoms with van der Waals surface area (Å²) in [5, 5.41) is 4.11. The third-order valence-corrected chi connectivity index (χ3v) is 5.61. The average molecular weight is 464 g/mol. The zero-order valence-electron chi connectivity index (χ0n) is 16.3. The van der Waals surface area contributed by atoms with Crippen LogP contribution in [0.4, 0.5) is 5.82 Å². The Morgan fingerprint density at radius 3 is 2.50 bits per heavy atom. The summed E-state index contributed by atoms with van der Waals surface area (Å²) < 4.78 is 10.0. The number of aromatic nitrogens is 2. The summed E-state index contributed by atoms with van der Waals surface area (Å²) >= 11 is 13.9. The van der Waals surface area contributed by atoms with E-state index in [1.165, 1.54) is 18.9 Å². The molecule has 3 rings (SSSR count). The van der Waals surface area contributed by atoms with Gasteiger partial charge in [-0.05, 0) is 23.3 Å². The van der Waals surface area contributed by atoms with Crippen molar-refractivity contribution in [2.24, 2.45) is 0 Å². The molecule has 1 aromatic heterocycles. The summed E-state index contributed by atoms with van der Waals surface area (Å²) in [6.07, 6.45) is 0. The maximum Gasteiger partial charge on any atom is 0.344 e. The second-order valence-corrected chi connectivity index (χ2v) is 7.82. The summed E-state index contributed by atoms with van der Waals surface area (Å²) in [6.45, 7) is 0.365. The van der Waals surface area contributed by atoms with Crippen molar-refractivity contribution in [3.63, 3.8) is 0 Å². The highest BCUT2D eigenvalue weighted by Crippen LogP contribution is 2.29. The van der Waals surface area contributed by atoms with Gasteiger partial charge in [-0.2, -0.15) is 0 Å². The number of esters is 1. The summed E-state index contributed by atoms with van der Waals surface area (Å²) in [5.41, 5.74) is 2.09. The number of anilines is 1. The predicted octanol–water partition coefficient (Wildman–Crippen LogP) is 5.48. The Labute approximate surface area is 188 Å². The number of carbonyl (C=O) groups excluding carboxylic acids is 1. The van der Waals surface area contributed by atoms with Crippen LogP contribution in [0.15, 0.2) is 53.7 Å². The molecule has 9 heteroatoms. The van der Waals surface area contributed by atoms with Crippen molar-refractivity contribution in [2.75, 3.05) is 19.5 Å². The normalized spacial score (nSPS) is 10.5. The fourth-order valence-corrected chi connectivity index (χ4v) is 3.99. The molecular weight excluding hydrogens is 445 g/mol. The molecule has 0 saturated carbocycles. The van der Waals surface area contributed by atoms with E-state index in [2.05, 4.69) is 15.3 Å². The quantitative estimate of drug-likeness (QED) is 0.205. The minimum absolute atomic E-state index is 0.0303. The van der Waals surface area contributed by atoms with Crippen LogP contribution < -0.4 is 10.1 Å². The number of benzene rings is 2. The highest BCUT2D eigenvalue weighted by atomic mass is 35.5. The van der Waals surface area contributed by atoms with E-state index in [-0.39, 0.29) is 10.7 Å². The number of nitrogens with one attached hydrogen (secondary N) is 1. The summed E-state index contributed by atoms with van der Waals surface area (Å²) in [6, 6.07) is 15.3. The third-order valence-electron chi connectivity index (χ3n) is 4.12. The number of ether oxygens (including phenoxy) is 2. The van der Waals surface area contributed by atoms with E-state index >= 15 is 0 Å². The van der Waals surface area contributed by atoms with Crippen LogP contribution in [0.3, 0.4) is 0 Å². The number of hydrogen-bond acceptors (Lipinski definition) is 7. The lowest BCUT2D eigenvalue weighted by molar-refractivity contribution is 0.0601. The molecule has 0 saturated heterocycles. The molecule has 0 spiro atoms. The molecule has 1 heterocycles. The van der Waals surface area contributed by atoms with Crippen molar-refractivity contribution in [1.82, 2.24) is 9.97 Å². The van der Waals surface area contributed by atoms with Gasteiger partial charge in [0, 0.05) is 12.3 Å². The molecule has 2 aromatic carbocycles. The van der Waals surface area contributed by atoms with Gasteiger partial charge in [0.2, 0.25) is 0 Å². The first-order valence-electron chi connectivity index (χ1n) is 8.90. The van der Waals surface area contributed by atoms with Gasteiger partial charge in [0.1, 0.15) is 22.3 Å². The lowest BCUT2D eigenvalue weighted by Crippen LogP contribution is -2.13. The number of nitrogens with zero attached hydrogens (tertiary/aromatic N) is 2. The molecule has 156 valence electrons. The van der Waals surface area contributed by atoms with Crippen LogP contribution in [0.5, 0.6) is 5.75 Å². The molecule has 0 amide bonds. The van der Waals surface area contributed by atoms with Crippen molar-refractivity contribution in [1.29, 1.82) is 0 Å². The number of thioether (sulfide) groups is 1. The van der Waals surface area contributed by atoms with E-state index in [9.17, 15) is 4.79 Å². The van der Waals surface area contributed by atoms with Gasteiger partial charge in [-0.15, -0.1) is 0 Å². The minimum atomic E-state index is -0.616. The number of hydrogen-bond donors (Lipinski definition) is 1. The van der Waals surface area contributed by atoms with E-state index in [4.69, 9.17) is 32.7 Å². The molecule has 0 aliphatic rings. The van der Waals surface area contributed by atoms with Crippen LogP contribution >= 0.6 is 35.0 Å². The topological polar surface area (TPSA) is 73.3 Å². The maximum absolute atomic E-state index is 12.2. The number of methoxy groups -OCH3 is 2. The van der Waals surface area contributed by atoms with E-state index in [1.54, 1.807) is 19.2 Å². The standard InChI is InChI=1S/C21H19Cl2N3O3S/c1-28-16-9-8-14(10-15(16)22)11-24-19-17(20(27)29-2)18(23)25-21(26-19)30-12-13-6-4-3-5-7-13/h3-10H,11-12H2,1-2H3,(H,24,25,26). The van der Waals surface area contributed by atoms with Gasteiger partial charge < -0.3 is 14.8 Å². The first-order chi connectivity index (χ1) is 14.5. The van der Waals surface area contributed by atoms with Gasteiger partial charge in [0.15, 0.2) is 5.16 Å². The molecule has 0 fully saturated rings.